The van der Waals surface area contributed by atoms with Crippen molar-refractivity contribution < 1.29 is 9.59 Å². The van der Waals surface area contributed by atoms with Crippen LogP contribution in [0.3, 0.4) is 0 Å². The number of carbonyl (C=O) groups excluding carboxylic acids is 2. The Kier molecular flexibility index (Phi) is 6.60. The minimum atomic E-state index is -0.739. The monoisotopic (exact) mass is 593 g/mol. The zero-order valence-electron chi connectivity index (χ0n) is 23.2. The van der Waals surface area contributed by atoms with E-state index in [1.807, 2.05) is 25.1 Å². The normalized spacial score (nSPS) is 23.2. The van der Waals surface area contributed by atoms with Crippen LogP contribution in [-0.2, 0) is 9.59 Å². The second kappa shape index (κ2) is 10.3. The molecule has 2 fully saturated rings. The van der Waals surface area contributed by atoms with Gasteiger partial charge in [-0.05, 0) is 55.3 Å². The number of halogens is 2. The van der Waals surface area contributed by atoms with Crippen LogP contribution in [0.15, 0.2) is 109 Å². The molecule has 3 aliphatic rings. The Morgan fingerprint density at radius 3 is 1.88 bits per heavy atom. The van der Waals surface area contributed by atoms with Crippen LogP contribution in [0.2, 0.25) is 10.0 Å². The third-order valence-electron chi connectivity index (χ3n) is 8.62. The summed E-state index contributed by atoms with van der Waals surface area (Å²) in [5.41, 5.74) is 6.87. The van der Waals surface area contributed by atoms with Crippen molar-refractivity contribution >= 4 is 46.4 Å². The average Bonchev–Trinajstić information content (AvgIpc) is 3.48. The van der Waals surface area contributed by atoms with Crippen LogP contribution >= 0.6 is 23.2 Å². The fraction of sp³-hybridized carbons (Fsp3) is 0.200. The summed E-state index contributed by atoms with van der Waals surface area (Å²) >= 11 is 12.7. The predicted octanol–water partition coefficient (Wildman–Crippen LogP) is 8.02. The van der Waals surface area contributed by atoms with E-state index >= 15 is 0 Å². The van der Waals surface area contributed by atoms with Crippen molar-refractivity contribution in [3.05, 3.63) is 141 Å². The molecular weight excluding hydrogens is 565 g/mol. The molecule has 210 valence electrons. The van der Waals surface area contributed by atoms with Crippen LogP contribution in [0.4, 0.5) is 11.4 Å². The van der Waals surface area contributed by atoms with Crippen molar-refractivity contribution in [3.8, 4) is 0 Å². The summed E-state index contributed by atoms with van der Waals surface area (Å²) < 4.78 is 0. The van der Waals surface area contributed by atoms with Crippen LogP contribution in [0, 0.1) is 19.8 Å². The summed E-state index contributed by atoms with van der Waals surface area (Å²) in [4.78, 5) is 30.2. The standard InChI is InChI=1S/C35H29Cl2N3O2/c1-21-8-12-23(13-9-21)30-19-29-20-31(24-14-10-22(2)11-15-24)39(27-6-4-3-5-7-27)40(29)33-32(30)34(41)38(35(33)42)28-17-25(36)16-26(37)18-28/h3-19,30-33H,20H2,1-2H3. The van der Waals surface area contributed by atoms with Crippen molar-refractivity contribution in [3.63, 3.8) is 0 Å². The van der Waals surface area contributed by atoms with Crippen molar-refractivity contribution in [1.29, 1.82) is 0 Å². The largest absolute Gasteiger partial charge is 0.277 e. The lowest BCUT2D eigenvalue weighted by molar-refractivity contribution is -0.122. The summed E-state index contributed by atoms with van der Waals surface area (Å²) in [6.07, 6.45) is 2.91. The number of benzene rings is 4. The van der Waals surface area contributed by atoms with E-state index in [1.165, 1.54) is 10.5 Å². The van der Waals surface area contributed by atoms with Gasteiger partial charge in [-0.25, -0.2) is 4.90 Å². The van der Waals surface area contributed by atoms with E-state index < -0.39 is 12.0 Å². The number of rotatable bonds is 4. The van der Waals surface area contributed by atoms with Crippen LogP contribution < -0.4 is 9.91 Å². The number of imide groups is 1. The summed E-state index contributed by atoms with van der Waals surface area (Å²) in [5.74, 6) is -1.44. The second-order valence-corrected chi connectivity index (χ2v) is 12.2. The Morgan fingerprint density at radius 1 is 0.667 bits per heavy atom. The first-order chi connectivity index (χ1) is 20.3. The molecule has 2 amide bonds. The van der Waals surface area contributed by atoms with E-state index in [-0.39, 0.29) is 23.8 Å². The summed E-state index contributed by atoms with van der Waals surface area (Å²) in [5, 5.41) is 5.03. The van der Waals surface area contributed by atoms with Gasteiger partial charge in [-0.3, -0.25) is 19.6 Å². The van der Waals surface area contributed by atoms with Crippen molar-refractivity contribution in [2.24, 2.45) is 5.92 Å². The van der Waals surface area contributed by atoms with E-state index in [0.29, 0.717) is 22.2 Å². The number of hydrogen-bond donors (Lipinski definition) is 0. The molecule has 0 N–H and O–H groups in total. The van der Waals surface area contributed by atoms with Gasteiger partial charge in [-0.15, -0.1) is 0 Å². The molecule has 4 aromatic rings. The topological polar surface area (TPSA) is 43.9 Å². The predicted molar refractivity (Wildman–Crippen MR) is 168 cm³/mol. The number of fused-ring (bicyclic) bond motifs is 3. The number of nitrogens with zero attached hydrogens (tertiary/aromatic N) is 3. The van der Waals surface area contributed by atoms with Crippen LogP contribution in [0.25, 0.3) is 0 Å². The molecule has 0 radical (unpaired) electrons. The molecule has 0 aliphatic carbocycles. The summed E-state index contributed by atoms with van der Waals surface area (Å²) in [6.45, 7) is 4.12. The maximum absolute atomic E-state index is 14.5. The first-order valence-electron chi connectivity index (χ1n) is 14.1. The maximum Gasteiger partial charge on any atom is 0.259 e. The lowest BCUT2D eigenvalue weighted by Crippen LogP contribution is -2.53. The molecular formula is C35H29Cl2N3O2. The molecule has 2 saturated heterocycles. The Labute approximate surface area is 255 Å². The zero-order chi connectivity index (χ0) is 29.1. The number of para-hydroxylation sites is 1. The van der Waals surface area contributed by atoms with Crippen LogP contribution in [-0.4, -0.2) is 22.9 Å². The van der Waals surface area contributed by atoms with Crippen LogP contribution in [0.1, 0.15) is 40.6 Å². The summed E-state index contributed by atoms with van der Waals surface area (Å²) in [6, 6.07) is 31.0. The van der Waals surface area contributed by atoms with E-state index in [2.05, 4.69) is 83.7 Å². The number of allylic oxidation sites excluding steroid dienone is 1. The molecule has 0 saturated carbocycles. The van der Waals surface area contributed by atoms with Gasteiger partial charge in [0.15, 0.2) is 0 Å². The molecule has 42 heavy (non-hydrogen) atoms. The van der Waals surface area contributed by atoms with Gasteiger partial charge in [0.1, 0.15) is 6.04 Å². The minimum absolute atomic E-state index is 0.0470. The Hall–Kier alpha value is -4.06. The number of hydrogen-bond acceptors (Lipinski definition) is 4. The Balaban J connectivity index is 1.42. The van der Waals surface area contributed by atoms with Crippen molar-refractivity contribution in [2.45, 2.75) is 38.3 Å². The SMILES string of the molecule is Cc1ccc(C2C=C3CC(c4ccc(C)cc4)N(c4ccccc4)N3C3C(=O)N(c4cc(Cl)cc(Cl)c4)C(=O)C23)cc1. The average molecular weight is 595 g/mol. The fourth-order valence-electron chi connectivity index (χ4n) is 6.67. The number of aryl methyl sites for hydroxylation is 2. The number of anilines is 2. The van der Waals surface area contributed by atoms with Crippen molar-refractivity contribution in [2.75, 3.05) is 9.91 Å². The second-order valence-electron chi connectivity index (χ2n) is 11.4. The number of carbonyl (C=O) groups is 2. The third-order valence-corrected chi connectivity index (χ3v) is 9.05. The molecule has 4 atom stereocenters. The Morgan fingerprint density at radius 2 is 1.26 bits per heavy atom. The van der Waals surface area contributed by atoms with Gasteiger partial charge in [0.05, 0.1) is 23.3 Å². The molecule has 0 aromatic heterocycles. The quantitative estimate of drug-likeness (QED) is 0.225. The van der Waals surface area contributed by atoms with Gasteiger partial charge in [0.25, 0.3) is 5.91 Å². The fourth-order valence-corrected chi connectivity index (χ4v) is 7.18. The molecule has 3 aliphatic heterocycles. The number of hydrazine groups is 1. The highest BCUT2D eigenvalue weighted by Crippen LogP contribution is 2.52. The highest BCUT2D eigenvalue weighted by atomic mass is 35.5. The van der Waals surface area contributed by atoms with Gasteiger partial charge in [-0.2, -0.15) is 0 Å². The highest BCUT2D eigenvalue weighted by molar-refractivity contribution is 6.36. The molecule has 5 nitrogen and oxygen atoms in total. The maximum atomic E-state index is 14.5. The first kappa shape index (κ1) is 26.8. The molecule has 7 rings (SSSR count). The highest BCUT2D eigenvalue weighted by Gasteiger charge is 2.60. The minimum Gasteiger partial charge on any atom is -0.277 e. The Bertz CT molecular complexity index is 1700. The molecule has 7 heteroatoms. The lowest BCUT2D eigenvalue weighted by atomic mass is 9.78. The first-order valence-corrected chi connectivity index (χ1v) is 14.9. The van der Waals surface area contributed by atoms with Gasteiger partial charge in [0, 0.05) is 28.1 Å². The smallest absolute Gasteiger partial charge is 0.259 e. The van der Waals surface area contributed by atoms with E-state index in [0.717, 1.165) is 28.1 Å². The molecule has 4 unspecified atom stereocenters. The number of amides is 2. The van der Waals surface area contributed by atoms with Crippen molar-refractivity contribution in [1.82, 2.24) is 5.01 Å². The van der Waals surface area contributed by atoms with E-state index in [1.54, 1.807) is 18.2 Å². The van der Waals surface area contributed by atoms with Gasteiger partial charge in [0.2, 0.25) is 5.91 Å². The third kappa shape index (κ3) is 4.39. The van der Waals surface area contributed by atoms with E-state index in [9.17, 15) is 9.59 Å². The summed E-state index contributed by atoms with van der Waals surface area (Å²) in [7, 11) is 0. The van der Waals surface area contributed by atoms with E-state index in [4.69, 9.17) is 23.2 Å². The zero-order valence-corrected chi connectivity index (χ0v) is 24.8. The molecule has 3 heterocycles. The molecule has 4 aromatic carbocycles. The van der Waals surface area contributed by atoms with Gasteiger partial charge < -0.3 is 0 Å². The van der Waals surface area contributed by atoms with Gasteiger partial charge in [-0.1, -0.05) is 107 Å². The van der Waals surface area contributed by atoms with Crippen LogP contribution in [0.5, 0.6) is 0 Å². The molecule has 0 bridgehead atoms. The molecule has 0 spiro atoms. The van der Waals surface area contributed by atoms with Gasteiger partial charge >= 0.3 is 0 Å². The lowest BCUT2D eigenvalue weighted by Gasteiger charge is -2.43.